The smallest absolute Gasteiger partial charge is 0.312 e. The van der Waals surface area contributed by atoms with E-state index in [0.29, 0.717) is 12.5 Å². The van der Waals surface area contributed by atoms with E-state index in [1.54, 1.807) is 0 Å². The van der Waals surface area contributed by atoms with Gasteiger partial charge in [0.05, 0.1) is 12.0 Å². The van der Waals surface area contributed by atoms with Crippen LogP contribution in [0.3, 0.4) is 0 Å². The summed E-state index contributed by atoms with van der Waals surface area (Å²) in [6, 6.07) is 0. The van der Waals surface area contributed by atoms with Crippen molar-refractivity contribution in [1.82, 2.24) is 0 Å². The lowest BCUT2D eigenvalue weighted by Crippen LogP contribution is -2.35. The van der Waals surface area contributed by atoms with E-state index in [9.17, 15) is 4.79 Å². The molecule has 1 aliphatic rings. The van der Waals surface area contributed by atoms with Crippen molar-refractivity contribution < 1.29 is 9.53 Å². The van der Waals surface area contributed by atoms with E-state index in [0.717, 1.165) is 89.9 Å². The molecule has 2 nitrogen and oxygen atoms in total. The van der Waals surface area contributed by atoms with Gasteiger partial charge in [0.25, 0.3) is 0 Å². The molecule has 0 aromatic heterocycles. The number of rotatable bonds is 19. The summed E-state index contributed by atoms with van der Waals surface area (Å²) in [5.41, 5.74) is 8.07. The van der Waals surface area contributed by atoms with Crippen LogP contribution in [0.25, 0.3) is 0 Å². The Balaban J connectivity index is 2.75. The molecule has 0 aliphatic heterocycles. The molecule has 0 spiro atoms. The number of hydrogen-bond donors (Lipinski definition) is 0. The fourth-order valence-electron chi connectivity index (χ4n) is 5.52. The van der Waals surface area contributed by atoms with Crippen LogP contribution < -0.4 is 0 Å². The predicted molar refractivity (Wildman–Crippen MR) is 176 cm³/mol. The minimum Gasteiger partial charge on any atom is -0.465 e. The summed E-state index contributed by atoms with van der Waals surface area (Å²) < 4.78 is 5.76. The van der Waals surface area contributed by atoms with Crippen molar-refractivity contribution >= 4 is 5.97 Å². The van der Waals surface area contributed by atoms with Crippen LogP contribution in [0.5, 0.6) is 0 Å². The van der Waals surface area contributed by atoms with Gasteiger partial charge in [0, 0.05) is 0 Å². The summed E-state index contributed by atoms with van der Waals surface area (Å²) in [7, 11) is 0. The van der Waals surface area contributed by atoms with Gasteiger partial charge in [-0.1, -0.05) is 83.7 Å². The second-order valence-corrected chi connectivity index (χ2v) is 13.1. The number of carbonyl (C=O) groups is 1. The molecule has 0 fully saturated rings. The number of allylic oxidation sites excluding steroid dienone is 11. The van der Waals surface area contributed by atoms with E-state index in [1.807, 2.05) is 0 Å². The Bertz CT molecular complexity index is 931. The third-order valence-electron chi connectivity index (χ3n) is 8.03. The highest BCUT2D eigenvalue weighted by molar-refractivity contribution is 5.77. The Kier molecular flexibility index (Phi) is 17.9. The number of hydrogen-bond acceptors (Lipinski definition) is 2. The summed E-state index contributed by atoms with van der Waals surface area (Å²) in [5, 5.41) is 0. The Morgan fingerprint density at radius 2 is 1.48 bits per heavy atom. The fraction of sp³-hybridized carbons (Fsp3) is 0.658. The lowest BCUT2D eigenvalue weighted by Gasteiger charge is -2.36. The molecule has 1 aliphatic carbocycles. The third-order valence-corrected chi connectivity index (χ3v) is 8.03. The van der Waals surface area contributed by atoms with Gasteiger partial charge in [-0.15, -0.1) is 0 Å². The monoisotopic (exact) mass is 550 g/mol. The van der Waals surface area contributed by atoms with Crippen LogP contribution in [0.2, 0.25) is 0 Å². The first-order chi connectivity index (χ1) is 18.9. The lowest BCUT2D eigenvalue weighted by atomic mass is 9.69. The van der Waals surface area contributed by atoms with Crippen LogP contribution in [0.4, 0.5) is 0 Å². The molecule has 0 radical (unpaired) electrons. The van der Waals surface area contributed by atoms with E-state index in [-0.39, 0.29) is 5.97 Å². The maximum absolute atomic E-state index is 13.2. The second kappa shape index (κ2) is 19.9. The molecule has 226 valence electrons. The van der Waals surface area contributed by atoms with Gasteiger partial charge < -0.3 is 4.74 Å². The average Bonchev–Trinajstić information content (AvgIpc) is 2.87. The summed E-state index contributed by atoms with van der Waals surface area (Å²) in [6.45, 7) is 22.4. The van der Waals surface area contributed by atoms with Crippen LogP contribution in [0.15, 0.2) is 70.4 Å². The van der Waals surface area contributed by atoms with Crippen molar-refractivity contribution in [2.45, 2.75) is 145 Å². The summed E-state index contributed by atoms with van der Waals surface area (Å²) >= 11 is 0. The van der Waals surface area contributed by atoms with Gasteiger partial charge in [0.1, 0.15) is 0 Å². The van der Waals surface area contributed by atoms with Crippen LogP contribution in [0, 0.1) is 11.3 Å². The van der Waals surface area contributed by atoms with E-state index in [4.69, 9.17) is 4.74 Å². The molecule has 0 N–H and O–H groups in total. The van der Waals surface area contributed by atoms with Crippen LogP contribution >= 0.6 is 0 Å². The number of unbranched alkanes of at least 4 members (excludes halogenated alkanes) is 1. The van der Waals surface area contributed by atoms with Gasteiger partial charge in [0.15, 0.2) is 0 Å². The molecule has 0 amide bonds. The molecule has 0 bridgehead atoms. The molecule has 0 aromatic rings. The predicted octanol–water partition coefficient (Wildman–Crippen LogP) is 12.0. The van der Waals surface area contributed by atoms with E-state index in [2.05, 4.69) is 92.3 Å². The average molecular weight is 551 g/mol. The van der Waals surface area contributed by atoms with Gasteiger partial charge in [-0.05, 0) is 138 Å². The van der Waals surface area contributed by atoms with Crippen molar-refractivity contribution in [3.05, 3.63) is 70.4 Å². The highest BCUT2D eigenvalue weighted by Gasteiger charge is 2.40. The zero-order valence-electron chi connectivity index (χ0n) is 27.6. The van der Waals surface area contributed by atoms with E-state index >= 15 is 0 Å². The maximum atomic E-state index is 13.2. The quantitative estimate of drug-likeness (QED) is 0.0908. The van der Waals surface area contributed by atoms with E-state index < -0.39 is 5.41 Å². The van der Waals surface area contributed by atoms with Gasteiger partial charge in [0.2, 0.25) is 0 Å². The van der Waals surface area contributed by atoms with Crippen molar-refractivity contribution in [1.29, 1.82) is 0 Å². The molecule has 0 heterocycles. The first-order valence-corrected chi connectivity index (χ1v) is 16.1. The first-order valence-electron chi connectivity index (χ1n) is 16.1. The molecule has 0 saturated heterocycles. The van der Waals surface area contributed by atoms with Crippen LogP contribution in [0.1, 0.15) is 145 Å². The molecule has 40 heavy (non-hydrogen) atoms. The van der Waals surface area contributed by atoms with Gasteiger partial charge >= 0.3 is 5.97 Å². The second-order valence-electron chi connectivity index (χ2n) is 13.1. The van der Waals surface area contributed by atoms with Crippen molar-refractivity contribution in [3.8, 4) is 0 Å². The van der Waals surface area contributed by atoms with Crippen LogP contribution in [-0.2, 0) is 9.53 Å². The Hall–Kier alpha value is -2.09. The Morgan fingerprint density at radius 1 is 0.900 bits per heavy atom. The van der Waals surface area contributed by atoms with Gasteiger partial charge in [-0.25, -0.2) is 0 Å². The number of esters is 1. The Morgan fingerprint density at radius 3 is 2.05 bits per heavy atom. The van der Waals surface area contributed by atoms with Gasteiger partial charge in [-0.2, -0.15) is 0 Å². The number of ether oxygens (including phenoxy) is 1. The molecular weight excluding hydrogens is 488 g/mol. The van der Waals surface area contributed by atoms with Gasteiger partial charge in [-0.3, -0.25) is 4.79 Å². The summed E-state index contributed by atoms with van der Waals surface area (Å²) in [5.74, 6) is 0.408. The summed E-state index contributed by atoms with van der Waals surface area (Å²) in [4.78, 5) is 13.2. The largest absolute Gasteiger partial charge is 0.465 e. The lowest BCUT2D eigenvalue weighted by molar-refractivity contribution is -0.156. The highest BCUT2D eigenvalue weighted by Crippen LogP contribution is 2.43. The molecule has 0 saturated carbocycles. The topological polar surface area (TPSA) is 26.3 Å². The normalized spacial score (nSPS) is 19.6. The molecule has 0 unspecified atom stereocenters. The van der Waals surface area contributed by atoms with E-state index in [1.165, 1.54) is 33.4 Å². The standard InChI is InChI=1S/C38H62O2/c1-10-11-26-40-37(39)38(9)28-35(23-15-22-33(7)19-13-17-31(4)5)27-36(29-38)25-24-34(8)21-14-20-32(6)18-12-16-30(2)3/h16-17,20,22,27,36H,8,10-15,18-19,21,23-26,28-29H2,1-7,9H3/b32-20+,33-22+/t36-,38-/m0/s1. The summed E-state index contributed by atoms with van der Waals surface area (Å²) in [6.07, 6.45) is 26.4. The van der Waals surface area contributed by atoms with Crippen molar-refractivity contribution in [2.75, 3.05) is 6.61 Å². The number of carbonyl (C=O) groups excluding carboxylic acids is 1. The zero-order chi connectivity index (χ0) is 30.0. The Labute approximate surface area is 248 Å². The first kappa shape index (κ1) is 35.9. The molecule has 0 aromatic carbocycles. The fourth-order valence-corrected chi connectivity index (χ4v) is 5.52. The minimum absolute atomic E-state index is 0.00227. The molecule has 2 heteroatoms. The van der Waals surface area contributed by atoms with Crippen molar-refractivity contribution in [3.63, 3.8) is 0 Å². The molecule has 1 rings (SSSR count). The minimum atomic E-state index is -0.419. The third kappa shape index (κ3) is 16.2. The SMILES string of the molecule is C=C(CC/C=C(\C)CCC=C(C)C)CC[C@H]1C=C(CC/C=C(\C)CCC=C(C)C)C[C@](C)(C(=O)OCCCC)C1. The van der Waals surface area contributed by atoms with Crippen LogP contribution in [-0.4, -0.2) is 12.6 Å². The zero-order valence-corrected chi connectivity index (χ0v) is 27.6. The molecule has 2 atom stereocenters. The maximum Gasteiger partial charge on any atom is 0.312 e. The highest BCUT2D eigenvalue weighted by atomic mass is 16.5. The molecular formula is C38H62O2. The van der Waals surface area contributed by atoms with Crippen molar-refractivity contribution in [2.24, 2.45) is 11.3 Å².